The molecule has 0 atom stereocenters. The molecule has 1 aliphatic heterocycles. The molecule has 4 nitrogen and oxygen atoms in total. The van der Waals surface area contributed by atoms with Crippen LogP contribution in [-0.4, -0.2) is 29.7 Å². The Morgan fingerprint density at radius 2 is 1.96 bits per heavy atom. The third kappa shape index (κ3) is 5.46. The van der Waals surface area contributed by atoms with Crippen LogP contribution in [0.5, 0.6) is 0 Å². The molecule has 0 saturated heterocycles. The summed E-state index contributed by atoms with van der Waals surface area (Å²) in [7, 11) is 0. The van der Waals surface area contributed by atoms with E-state index in [0.29, 0.717) is 12.3 Å². The second-order valence-electron chi connectivity index (χ2n) is 5.04. The van der Waals surface area contributed by atoms with Crippen LogP contribution < -0.4 is 5.73 Å². The minimum absolute atomic E-state index is 0.0780. The summed E-state index contributed by atoms with van der Waals surface area (Å²) < 4.78 is 0.993. The Morgan fingerprint density at radius 3 is 2.52 bits per heavy atom. The van der Waals surface area contributed by atoms with Crippen molar-refractivity contribution in [3.05, 3.63) is 20.3 Å². The van der Waals surface area contributed by atoms with Crippen molar-refractivity contribution in [2.45, 2.75) is 47.0 Å². The van der Waals surface area contributed by atoms with Crippen LogP contribution in [0.15, 0.2) is 20.4 Å². The van der Waals surface area contributed by atoms with Crippen LogP contribution in [0, 0.1) is 0 Å². The fourth-order valence-corrected chi connectivity index (χ4v) is 3.88. The Hall–Kier alpha value is -1.14. The highest BCUT2D eigenvalue weighted by Gasteiger charge is 2.21. The molecule has 0 aliphatic carbocycles. The van der Waals surface area contributed by atoms with E-state index in [1.165, 1.54) is 0 Å². The van der Waals surface area contributed by atoms with Gasteiger partial charge in [-0.15, -0.1) is 11.3 Å². The van der Waals surface area contributed by atoms with Crippen molar-refractivity contribution in [2.75, 3.05) is 13.1 Å². The fourth-order valence-electron chi connectivity index (χ4n) is 2.35. The fraction of sp³-hybridized carbons (Fsp3) is 0.529. The molecule has 0 unspecified atom stereocenters. The molecule has 1 aromatic rings. The SMILES string of the molecule is CC.CCCN(CCC)C(=O)C1=Cc2sc(Br)cc2N=C(N)C1. The number of halogens is 1. The van der Waals surface area contributed by atoms with E-state index in [4.69, 9.17) is 5.73 Å². The van der Waals surface area contributed by atoms with Gasteiger partial charge in [-0.1, -0.05) is 27.7 Å². The van der Waals surface area contributed by atoms with Crippen LogP contribution in [0.4, 0.5) is 5.69 Å². The first-order valence-electron chi connectivity index (χ1n) is 8.17. The average molecular weight is 400 g/mol. The number of amidine groups is 1. The van der Waals surface area contributed by atoms with Gasteiger partial charge in [-0.05, 0) is 40.9 Å². The second-order valence-corrected chi connectivity index (χ2v) is 7.50. The topological polar surface area (TPSA) is 58.7 Å². The molecule has 2 heterocycles. The standard InChI is InChI=1S/C15H20BrN3OS.C2H6/c1-3-5-19(6-4-2)15(20)10-7-12-11(9-13(16)21-12)18-14(17)8-10;1-2/h7,9H,3-6,8H2,1-2H3,(H2,17,18);1-2H3. The summed E-state index contributed by atoms with van der Waals surface area (Å²) in [5.41, 5.74) is 7.53. The Morgan fingerprint density at radius 1 is 1.35 bits per heavy atom. The summed E-state index contributed by atoms with van der Waals surface area (Å²) in [5, 5.41) is 0. The zero-order chi connectivity index (χ0) is 17.4. The molecule has 1 aromatic heterocycles. The van der Waals surface area contributed by atoms with Crippen LogP contribution in [0.25, 0.3) is 6.08 Å². The quantitative estimate of drug-likeness (QED) is 0.759. The number of hydrogen-bond donors (Lipinski definition) is 1. The van der Waals surface area contributed by atoms with E-state index in [-0.39, 0.29) is 5.91 Å². The number of rotatable bonds is 5. The molecule has 0 fully saturated rings. The molecular weight excluding hydrogens is 374 g/mol. The van der Waals surface area contributed by atoms with E-state index in [1.807, 2.05) is 30.9 Å². The highest BCUT2D eigenvalue weighted by molar-refractivity contribution is 9.11. The first kappa shape index (κ1) is 19.9. The summed E-state index contributed by atoms with van der Waals surface area (Å²) in [6, 6.07) is 1.94. The third-order valence-electron chi connectivity index (χ3n) is 3.20. The van der Waals surface area contributed by atoms with E-state index in [1.54, 1.807) is 11.3 Å². The predicted octanol–water partition coefficient (Wildman–Crippen LogP) is 4.96. The molecule has 0 spiro atoms. The van der Waals surface area contributed by atoms with Crippen molar-refractivity contribution in [1.82, 2.24) is 4.90 Å². The molecule has 0 aromatic carbocycles. The maximum absolute atomic E-state index is 12.7. The number of carbonyl (C=O) groups is 1. The van der Waals surface area contributed by atoms with E-state index >= 15 is 0 Å². The van der Waals surface area contributed by atoms with Gasteiger partial charge >= 0.3 is 0 Å². The molecule has 2 rings (SSSR count). The van der Waals surface area contributed by atoms with Gasteiger partial charge in [-0.2, -0.15) is 0 Å². The van der Waals surface area contributed by atoms with Crippen molar-refractivity contribution in [3.8, 4) is 0 Å². The normalized spacial score (nSPS) is 13.1. The molecule has 23 heavy (non-hydrogen) atoms. The lowest BCUT2D eigenvalue weighted by Crippen LogP contribution is -2.34. The number of thiophene rings is 1. The molecule has 6 heteroatoms. The Kier molecular flexibility index (Phi) is 8.55. The molecule has 1 amide bonds. The zero-order valence-electron chi connectivity index (χ0n) is 14.4. The summed E-state index contributed by atoms with van der Waals surface area (Å²) >= 11 is 5.03. The first-order valence-corrected chi connectivity index (χ1v) is 9.78. The average Bonchev–Trinajstić information content (AvgIpc) is 2.78. The van der Waals surface area contributed by atoms with Gasteiger partial charge in [-0.25, -0.2) is 4.99 Å². The maximum atomic E-state index is 12.7. The summed E-state index contributed by atoms with van der Waals surface area (Å²) in [4.78, 5) is 20.0. The third-order valence-corrected chi connectivity index (χ3v) is 4.77. The Labute approximate surface area is 151 Å². The molecule has 1 aliphatic rings. The molecule has 0 bridgehead atoms. The van der Waals surface area contributed by atoms with Gasteiger partial charge in [0.05, 0.1) is 14.4 Å². The van der Waals surface area contributed by atoms with Crippen molar-refractivity contribution >= 4 is 50.8 Å². The van der Waals surface area contributed by atoms with Gasteiger partial charge < -0.3 is 10.6 Å². The monoisotopic (exact) mass is 399 g/mol. The van der Waals surface area contributed by atoms with Crippen molar-refractivity contribution < 1.29 is 4.79 Å². The van der Waals surface area contributed by atoms with Gasteiger partial charge in [0.15, 0.2) is 0 Å². The highest BCUT2D eigenvalue weighted by Crippen LogP contribution is 2.37. The number of nitrogens with two attached hydrogens (primary N) is 1. The molecule has 2 N–H and O–H groups in total. The van der Waals surface area contributed by atoms with Gasteiger partial charge in [-0.3, -0.25) is 4.79 Å². The largest absolute Gasteiger partial charge is 0.387 e. The molecule has 0 radical (unpaired) electrons. The van der Waals surface area contributed by atoms with Gasteiger partial charge in [0.1, 0.15) is 5.84 Å². The number of nitrogens with zero attached hydrogens (tertiary/aromatic N) is 2. The van der Waals surface area contributed by atoms with Crippen LogP contribution in [0.1, 0.15) is 51.8 Å². The summed E-state index contributed by atoms with van der Waals surface area (Å²) in [5.74, 6) is 0.570. The number of amides is 1. The molecule has 128 valence electrons. The van der Waals surface area contributed by atoms with Gasteiger partial charge in [0.25, 0.3) is 0 Å². The zero-order valence-corrected chi connectivity index (χ0v) is 16.8. The second kappa shape index (κ2) is 9.88. The maximum Gasteiger partial charge on any atom is 0.250 e. The van der Waals surface area contributed by atoms with Crippen LogP contribution >= 0.6 is 27.3 Å². The number of aliphatic imine (C=N–C) groups is 1. The van der Waals surface area contributed by atoms with E-state index in [0.717, 1.165) is 45.9 Å². The van der Waals surface area contributed by atoms with Crippen LogP contribution in [0.3, 0.4) is 0 Å². The van der Waals surface area contributed by atoms with Crippen molar-refractivity contribution in [1.29, 1.82) is 0 Å². The lowest BCUT2D eigenvalue weighted by Gasteiger charge is -2.22. The number of fused-ring (bicyclic) bond motifs is 1. The van der Waals surface area contributed by atoms with Crippen molar-refractivity contribution in [3.63, 3.8) is 0 Å². The summed E-state index contributed by atoms with van der Waals surface area (Å²) in [6.45, 7) is 9.73. The first-order chi connectivity index (χ1) is 11.0. The molecular formula is C17H26BrN3OS. The Balaban J connectivity index is 0.00000127. The number of carbonyl (C=O) groups excluding carboxylic acids is 1. The Bertz CT molecular complexity index is 587. The predicted molar refractivity (Wildman–Crippen MR) is 104 cm³/mol. The van der Waals surface area contributed by atoms with Crippen LogP contribution in [-0.2, 0) is 4.79 Å². The minimum Gasteiger partial charge on any atom is -0.387 e. The van der Waals surface area contributed by atoms with E-state index in [9.17, 15) is 4.79 Å². The summed E-state index contributed by atoms with van der Waals surface area (Å²) in [6.07, 6.45) is 4.27. The lowest BCUT2D eigenvalue weighted by molar-refractivity contribution is -0.127. The van der Waals surface area contributed by atoms with Gasteiger partial charge in [0, 0.05) is 25.1 Å². The molecule has 0 saturated carbocycles. The van der Waals surface area contributed by atoms with E-state index < -0.39 is 0 Å². The van der Waals surface area contributed by atoms with Crippen molar-refractivity contribution in [2.24, 2.45) is 10.7 Å². The lowest BCUT2D eigenvalue weighted by atomic mass is 10.1. The van der Waals surface area contributed by atoms with Gasteiger partial charge in [0.2, 0.25) is 5.91 Å². The van der Waals surface area contributed by atoms with Crippen LogP contribution in [0.2, 0.25) is 0 Å². The van der Waals surface area contributed by atoms with E-state index in [2.05, 4.69) is 34.8 Å². The minimum atomic E-state index is 0.0780. The smallest absolute Gasteiger partial charge is 0.250 e. The highest BCUT2D eigenvalue weighted by atomic mass is 79.9. The number of hydrogen-bond acceptors (Lipinski definition) is 4.